The molecule has 2 fully saturated rings. The van der Waals surface area contributed by atoms with Gasteiger partial charge in [0.05, 0.1) is 6.54 Å². The maximum Gasteiger partial charge on any atom is 0.236 e. The van der Waals surface area contributed by atoms with Crippen molar-refractivity contribution in [3.63, 3.8) is 0 Å². The lowest BCUT2D eigenvalue weighted by molar-refractivity contribution is -0.129. The Morgan fingerprint density at radius 3 is 2.93 bits per heavy atom. The predicted molar refractivity (Wildman–Crippen MR) is 63.8 cm³/mol. The van der Waals surface area contributed by atoms with Crippen molar-refractivity contribution in [2.45, 2.75) is 25.7 Å². The SMILES string of the molecule is NCC(=O)N1CCC2(CCC(CBr)C2)C1. The van der Waals surface area contributed by atoms with Gasteiger partial charge in [-0.3, -0.25) is 4.79 Å². The third kappa shape index (κ3) is 2.21. The van der Waals surface area contributed by atoms with Gasteiger partial charge < -0.3 is 10.6 Å². The second-order valence-electron chi connectivity index (χ2n) is 5.03. The number of nitrogens with zero attached hydrogens (tertiary/aromatic N) is 1. The van der Waals surface area contributed by atoms with Gasteiger partial charge in [-0.25, -0.2) is 0 Å². The van der Waals surface area contributed by atoms with E-state index in [-0.39, 0.29) is 12.5 Å². The summed E-state index contributed by atoms with van der Waals surface area (Å²) < 4.78 is 0. The number of rotatable bonds is 2. The summed E-state index contributed by atoms with van der Waals surface area (Å²) in [6.45, 7) is 2.04. The summed E-state index contributed by atoms with van der Waals surface area (Å²) in [7, 11) is 0. The van der Waals surface area contributed by atoms with Crippen LogP contribution in [0, 0.1) is 11.3 Å². The molecule has 2 N–H and O–H groups in total. The number of hydrogen-bond acceptors (Lipinski definition) is 2. The third-order valence-electron chi connectivity index (χ3n) is 3.99. The van der Waals surface area contributed by atoms with Crippen LogP contribution >= 0.6 is 15.9 Å². The highest BCUT2D eigenvalue weighted by molar-refractivity contribution is 9.09. The molecule has 2 rings (SSSR count). The van der Waals surface area contributed by atoms with E-state index >= 15 is 0 Å². The zero-order valence-corrected chi connectivity index (χ0v) is 10.6. The molecule has 0 radical (unpaired) electrons. The highest BCUT2D eigenvalue weighted by Gasteiger charge is 2.44. The highest BCUT2D eigenvalue weighted by atomic mass is 79.9. The summed E-state index contributed by atoms with van der Waals surface area (Å²) >= 11 is 3.56. The van der Waals surface area contributed by atoms with E-state index in [0.29, 0.717) is 5.41 Å². The minimum atomic E-state index is 0.120. The van der Waals surface area contributed by atoms with Crippen molar-refractivity contribution in [3.8, 4) is 0 Å². The fraction of sp³-hybridized carbons (Fsp3) is 0.909. The van der Waals surface area contributed by atoms with Crippen molar-refractivity contribution in [1.29, 1.82) is 0 Å². The summed E-state index contributed by atoms with van der Waals surface area (Å²) in [5, 5.41) is 1.11. The van der Waals surface area contributed by atoms with E-state index < -0.39 is 0 Å². The molecule has 1 spiro atoms. The van der Waals surface area contributed by atoms with Gasteiger partial charge in [-0.15, -0.1) is 0 Å². The molecular formula is C11H19BrN2O. The minimum Gasteiger partial charge on any atom is -0.341 e. The van der Waals surface area contributed by atoms with E-state index in [2.05, 4.69) is 15.9 Å². The fourth-order valence-corrected chi connectivity index (χ4v) is 3.66. The standard InChI is InChI=1S/C11H19BrN2O/c12-6-9-1-2-11(5-9)3-4-14(8-11)10(15)7-13/h9H,1-8,13H2. The van der Waals surface area contributed by atoms with Gasteiger partial charge in [0.15, 0.2) is 0 Å². The Morgan fingerprint density at radius 1 is 1.53 bits per heavy atom. The summed E-state index contributed by atoms with van der Waals surface area (Å²) in [5.74, 6) is 0.937. The molecular weight excluding hydrogens is 256 g/mol. The van der Waals surface area contributed by atoms with Gasteiger partial charge in [-0.1, -0.05) is 15.9 Å². The zero-order valence-electron chi connectivity index (χ0n) is 9.04. The van der Waals surface area contributed by atoms with E-state index in [0.717, 1.165) is 24.3 Å². The highest BCUT2D eigenvalue weighted by Crippen LogP contribution is 2.48. The first-order valence-corrected chi connectivity index (χ1v) is 6.85. The molecule has 1 aliphatic carbocycles. The minimum absolute atomic E-state index is 0.120. The fourth-order valence-electron chi connectivity index (χ4n) is 3.11. The van der Waals surface area contributed by atoms with Gasteiger partial charge in [0, 0.05) is 18.4 Å². The van der Waals surface area contributed by atoms with E-state index in [9.17, 15) is 4.79 Å². The first kappa shape index (κ1) is 11.4. The lowest BCUT2D eigenvalue weighted by Crippen LogP contribution is -2.35. The van der Waals surface area contributed by atoms with Crippen molar-refractivity contribution in [1.82, 2.24) is 4.90 Å². The van der Waals surface area contributed by atoms with Gasteiger partial charge in [0.1, 0.15) is 0 Å². The zero-order chi connectivity index (χ0) is 10.9. The van der Waals surface area contributed by atoms with Crippen LogP contribution in [0.1, 0.15) is 25.7 Å². The second kappa shape index (κ2) is 4.42. The average molecular weight is 275 g/mol. The Balaban J connectivity index is 1.94. The number of carbonyl (C=O) groups is 1. The topological polar surface area (TPSA) is 46.3 Å². The number of alkyl halides is 1. The maximum atomic E-state index is 11.5. The Kier molecular flexibility index (Phi) is 3.36. The number of likely N-dealkylation sites (tertiary alicyclic amines) is 1. The van der Waals surface area contributed by atoms with Crippen LogP contribution in [0.15, 0.2) is 0 Å². The van der Waals surface area contributed by atoms with Gasteiger partial charge in [0.25, 0.3) is 0 Å². The molecule has 1 saturated heterocycles. The first-order chi connectivity index (χ1) is 7.19. The molecule has 2 aliphatic rings. The summed E-state index contributed by atoms with van der Waals surface area (Å²) in [4.78, 5) is 13.5. The Bertz CT molecular complexity index is 259. The van der Waals surface area contributed by atoms with Gasteiger partial charge in [-0.05, 0) is 37.0 Å². The molecule has 0 aromatic carbocycles. The normalized spacial score (nSPS) is 35.3. The summed E-state index contributed by atoms with van der Waals surface area (Å²) in [6.07, 6.45) is 5.07. The van der Waals surface area contributed by atoms with Crippen molar-refractivity contribution < 1.29 is 4.79 Å². The number of carbonyl (C=O) groups excluding carboxylic acids is 1. The molecule has 2 unspecified atom stereocenters. The molecule has 86 valence electrons. The summed E-state index contributed by atoms with van der Waals surface area (Å²) in [5.41, 5.74) is 5.83. The number of nitrogens with two attached hydrogens (primary N) is 1. The smallest absolute Gasteiger partial charge is 0.236 e. The molecule has 1 aliphatic heterocycles. The van der Waals surface area contributed by atoms with Crippen LogP contribution < -0.4 is 5.73 Å². The van der Waals surface area contributed by atoms with Gasteiger partial charge in [-0.2, -0.15) is 0 Å². The lowest BCUT2D eigenvalue weighted by Gasteiger charge is -2.23. The van der Waals surface area contributed by atoms with Gasteiger partial charge in [0.2, 0.25) is 5.91 Å². The van der Waals surface area contributed by atoms with E-state index in [4.69, 9.17) is 5.73 Å². The van der Waals surface area contributed by atoms with E-state index in [1.165, 1.54) is 25.7 Å². The molecule has 15 heavy (non-hydrogen) atoms. The number of amides is 1. The largest absolute Gasteiger partial charge is 0.341 e. The monoisotopic (exact) mass is 274 g/mol. The van der Waals surface area contributed by atoms with Gasteiger partial charge >= 0.3 is 0 Å². The Morgan fingerprint density at radius 2 is 2.33 bits per heavy atom. The van der Waals surface area contributed by atoms with Crippen molar-refractivity contribution >= 4 is 21.8 Å². The molecule has 1 saturated carbocycles. The molecule has 0 aromatic heterocycles. The van der Waals surface area contributed by atoms with Crippen molar-refractivity contribution in [3.05, 3.63) is 0 Å². The lowest BCUT2D eigenvalue weighted by atomic mass is 9.85. The molecule has 2 atom stereocenters. The van der Waals surface area contributed by atoms with Crippen LogP contribution in [-0.2, 0) is 4.79 Å². The van der Waals surface area contributed by atoms with Crippen molar-refractivity contribution in [2.75, 3.05) is 25.0 Å². The Labute approximate surface area is 99.5 Å². The predicted octanol–water partition coefficient (Wildman–Crippen LogP) is 1.36. The number of halogens is 1. The third-order valence-corrected chi connectivity index (χ3v) is 4.90. The molecule has 4 heteroatoms. The quantitative estimate of drug-likeness (QED) is 0.773. The van der Waals surface area contributed by atoms with Crippen LogP contribution in [-0.4, -0.2) is 35.8 Å². The maximum absolute atomic E-state index is 11.5. The molecule has 3 nitrogen and oxygen atoms in total. The average Bonchev–Trinajstić information content (AvgIpc) is 2.86. The molecule has 1 heterocycles. The molecule has 1 amide bonds. The number of hydrogen-bond donors (Lipinski definition) is 1. The van der Waals surface area contributed by atoms with E-state index in [1.807, 2.05) is 4.90 Å². The van der Waals surface area contributed by atoms with Crippen LogP contribution in [0.5, 0.6) is 0 Å². The molecule has 0 bridgehead atoms. The summed E-state index contributed by atoms with van der Waals surface area (Å²) in [6, 6.07) is 0. The molecule has 0 aromatic rings. The van der Waals surface area contributed by atoms with E-state index in [1.54, 1.807) is 0 Å². The van der Waals surface area contributed by atoms with Crippen molar-refractivity contribution in [2.24, 2.45) is 17.1 Å². The van der Waals surface area contributed by atoms with Crippen LogP contribution in [0.25, 0.3) is 0 Å². The van der Waals surface area contributed by atoms with Crippen LogP contribution in [0.2, 0.25) is 0 Å². The first-order valence-electron chi connectivity index (χ1n) is 5.73. The van der Waals surface area contributed by atoms with Crippen LogP contribution in [0.3, 0.4) is 0 Å². The second-order valence-corrected chi connectivity index (χ2v) is 5.68. The Hall–Kier alpha value is -0.0900. The van der Waals surface area contributed by atoms with Crippen LogP contribution in [0.4, 0.5) is 0 Å².